The molecule has 0 fully saturated rings. The molecule has 0 aliphatic heterocycles. The molecule has 24 heavy (non-hydrogen) atoms. The van der Waals surface area contributed by atoms with Gasteiger partial charge in [-0.3, -0.25) is 4.79 Å². The Morgan fingerprint density at radius 2 is 1.71 bits per heavy atom. The van der Waals surface area contributed by atoms with E-state index >= 15 is 0 Å². The lowest BCUT2D eigenvalue weighted by molar-refractivity contribution is -0.121. The van der Waals surface area contributed by atoms with Gasteiger partial charge in [0.2, 0.25) is 15.9 Å². The Kier molecular flexibility index (Phi) is 7.42. The summed E-state index contributed by atoms with van der Waals surface area (Å²) in [4.78, 5) is 12.0. The molecular formula is C18H30N2O3S. The van der Waals surface area contributed by atoms with Crippen molar-refractivity contribution in [3.8, 4) is 0 Å². The number of nitrogens with one attached hydrogen (secondary N) is 2. The maximum absolute atomic E-state index is 12.2. The Morgan fingerprint density at radius 1 is 1.12 bits per heavy atom. The molecule has 0 atom stereocenters. The van der Waals surface area contributed by atoms with Gasteiger partial charge >= 0.3 is 0 Å². The zero-order valence-electron chi connectivity index (χ0n) is 15.3. The molecule has 0 heterocycles. The molecule has 0 aromatic heterocycles. The first-order valence-corrected chi connectivity index (χ1v) is 9.87. The minimum atomic E-state index is -3.52. The number of rotatable bonds is 8. The first kappa shape index (κ1) is 20.6. The van der Waals surface area contributed by atoms with E-state index in [1.54, 1.807) is 45.0 Å². The van der Waals surface area contributed by atoms with Crippen LogP contribution in [-0.4, -0.2) is 26.4 Å². The predicted molar refractivity (Wildman–Crippen MR) is 97.3 cm³/mol. The fraction of sp³-hybridized carbons (Fsp3) is 0.611. The van der Waals surface area contributed by atoms with Gasteiger partial charge in [0.05, 0.1) is 4.90 Å². The summed E-state index contributed by atoms with van der Waals surface area (Å²) >= 11 is 0. The smallest absolute Gasteiger partial charge is 0.241 e. The maximum Gasteiger partial charge on any atom is 0.241 e. The molecule has 0 spiro atoms. The van der Waals surface area contributed by atoms with Gasteiger partial charge in [-0.1, -0.05) is 26.0 Å². The highest BCUT2D eigenvalue weighted by Crippen LogP contribution is 2.14. The minimum absolute atomic E-state index is 0.0294. The van der Waals surface area contributed by atoms with E-state index in [1.807, 2.05) is 0 Å². The van der Waals surface area contributed by atoms with Crippen LogP contribution in [-0.2, 0) is 21.2 Å². The molecule has 0 unspecified atom stereocenters. The molecule has 0 saturated heterocycles. The van der Waals surface area contributed by atoms with Crippen molar-refractivity contribution >= 4 is 15.9 Å². The topological polar surface area (TPSA) is 75.3 Å². The second kappa shape index (κ2) is 8.62. The number of aryl methyl sites for hydroxylation is 1. The highest BCUT2D eigenvalue weighted by Gasteiger charge is 2.21. The molecule has 136 valence electrons. The van der Waals surface area contributed by atoms with Gasteiger partial charge in [-0.15, -0.1) is 0 Å². The van der Waals surface area contributed by atoms with Gasteiger partial charge < -0.3 is 5.32 Å². The van der Waals surface area contributed by atoms with E-state index in [2.05, 4.69) is 23.9 Å². The Morgan fingerprint density at radius 3 is 2.21 bits per heavy atom. The van der Waals surface area contributed by atoms with Crippen molar-refractivity contribution in [2.75, 3.05) is 6.54 Å². The molecule has 1 aromatic rings. The first-order valence-electron chi connectivity index (χ1n) is 8.39. The van der Waals surface area contributed by atoms with Gasteiger partial charge in [-0.2, -0.15) is 0 Å². The van der Waals surface area contributed by atoms with E-state index in [9.17, 15) is 13.2 Å². The van der Waals surface area contributed by atoms with Crippen molar-refractivity contribution in [1.29, 1.82) is 0 Å². The van der Waals surface area contributed by atoms with Crippen LogP contribution >= 0.6 is 0 Å². The molecular weight excluding hydrogens is 324 g/mol. The normalized spacial score (nSPS) is 12.4. The molecule has 0 bridgehead atoms. The van der Waals surface area contributed by atoms with Gasteiger partial charge in [0, 0.05) is 18.5 Å². The highest BCUT2D eigenvalue weighted by molar-refractivity contribution is 7.89. The standard InChI is InChI=1S/C18H30N2O3S/c1-14(2)12-13-19-17(21)11-8-15-6-9-16(10-7-15)24(22,23)20-18(3,4)5/h6-7,9-10,14,20H,8,11-13H2,1-5H3,(H,19,21). The van der Waals surface area contributed by atoms with Crippen LogP contribution in [0.25, 0.3) is 0 Å². The summed E-state index contributed by atoms with van der Waals surface area (Å²) in [6.45, 7) is 10.4. The van der Waals surface area contributed by atoms with E-state index in [1.165, 1.54) is 0 Å². The number of carbonyl (C=O) groups excluding carboxylic acids is 1. The van der Waals surface area contributed by atoms with Crippen molar-refractivity contribution < 1.29 is 13.2 Å². The van der Waals surface area contributed by atoms with E-state index < -0.39 is 15.6 Å². The minimum Gasteiger partial charge on any atom is -0.356 e. The van der Waals surface area contributed by atoms with Crippen LogP contribution < -0.4 is 10.0 Å². The lowest BCUT2D eigenvalue weighted by Crippen LogP contribution is -2.40. The Balaban J connectivity index is 2.55. The molecule has 0 saturated carbocycles. The van der Waals surface area contributed by atoms with E-state index in [-0.39, 0.29) is 10.8 Å². The average Bonchev–Trinajstić information content (AvgIpc) is 2.42. The summed E-state index contributed by atoms with van der Waals surface area (Å²) < 4.78 is 27.1. The molecule has 6 heteroatoms. The van der Waals surface area contributed by atoms with Crippen molar-refractivity contribution in [3.63, 3.8) is 0 Å². The zero-order chi connectivity index (χ0) is 18.4. The largest absolute Gasteiger partial charge is 0.356 e. The second-order valence-electron chi connectivity index (χ2n) is 7.53. The Labute approximate surface area is 146 Å². The fourth-order valence-corrected chi connectivity index (χ4v) is 3.56. The van der Waals surface area contributed by atoms with Crippen molar-refractivity contribution in [1.82, 2.24) is 10.0 Å². The monoisotopic (exact) mass is 354 g/mol. The van der Waals surface area contributed by atoms with Crippen LogP contribution in [0, 0.1) is 5.92 Å². The van der Waals surface area contributed by atoms with E-state index in [4.69, 9.17) is 0 Å². The number of amides is 1. The van der Waals surface area contributed by atoms with Crippen LogP contribution in [0.5, 0.6) is 0 Å². The summed E-state index contributed by atoms with van der Waals surface area (Å²) in [5, 5.41) is 2.90. The summed E-state index contributed by atoms with van der Waals surface area (Å²) in [5.41, 5.74) is 0.426. The molecule has 1 aromatic carbocycles. The fourth-order valence-electron chi connectivity index (χ4n) is 2.14. The molecule has 5 nitrogen and oxygen atoms in total. The first-order chi connectivity index (χ1) is 11.0. The van der Waals surface area contributed by atoms with Gasteiger partial charge in [0.15, 0.2) is 0 Å². The van der Waals surface area contributed by atoms with Gasteiger partial charge in [0.1, 0.15) is 0 Å². The third-order valence-electron chi connectivity index (χ3n) is 3.36. The predicted octanol–water partition coefficient (Wildman–Crippen LogP) is 2.86. The van der Waals surface area contributed by atoms with E-state index in [0.717, 1.165) is 12.0 Å². The number of carbonyl (C=O) groups is 1. The second-order valence-corrected chi connectivity index (χ2v) is 9.21. The molecule has 0 aliphatic rings. The summed E-state index contributed by atoms with van der Waals surface area (Å²) in [6.07, 6.45) is 1.98. The van der Waals surface area contributed by atoms with Gasteiger partial charge in [0.25, 0.3) is 0 Å². The number of hydrogen-bond donors (Lipinski definition) is 2. The number of benzene rings is 1. The quantitative estimate of drug-likeness (QED) is 0.754. The van der Waals surface area contributed by atoms with E-state index in [0.29, 0.717) is 25.3 Å². The SMILES string of the molecule is CC(C)CCNC(=O)CCc1ccc(S(=O)(=O)NC(C)(C)C)cc1. The van der Waals surface area contributed by atoms with Gasteiger partial charge in [-0.25, -0.2) is 13.1 Å². The van der Waals surface area contributed by atoms with Crippen LogP contribution in [0.3, 0.4) is 0 Å². The lowest BCUT2D eigenvalue weighted by Gasteiger charge is -2.20. The number of hydrogen-bond acceptors (Lipinski definition) is 3. The summed E-state index contributed by atoms with van der Waals surface area (Å²) in [5.74, 6) is 0.600. The van der Waals surface area contributed by atoms with Crippen LogP contribution in [0.2, 0.25) is 0 Å². The molecule has 2 N–H and O–H groups in total. The van der Waals surface area contributed by atoms with Gasteiger partial charge in [-0.05, 0) is 57.2 Å². The van der Waals surface area contributed by atoms with Crippen molar-refractivity contribution in [3.05, 3.63) is 29.8 Å². The highest BCUT2D eigenvalue weighted by atomic mass is 32.2. The molecule has 1 amide bonds. The molecule has 0 radical (unpaired) electrons. The average molecular weight is 355 g/mol. The third-order valence-corrected chi connectivity index (χ3v) is 5.13. The third kappa shape index (κ3) is 7.93. The van der Waals surface area contributed by atoms with Crippen LogP contribution in [0.15, 0.2) is 29.2 Å². The molecule has 0 aliphatic carbocycles. The lowest BCUT2D eigenvalue weighted by atomic mass is 10.1. The number of sulfonamides is 1. The maximum atomic E-state index is 12.2. The van der Waals surface area contributed by atoms with Crippen molar-refractivity contribution in [2.45, 2.75) is 64.3 Å². The summed E-state index contributed by atoms with van der Waals surface area (Å²) in [6, 6.07) is 6.69. The van der Waals surface area contributed by atoms with Crippen molar-refractivity contribution in [2.24, 2.45) is 5.92 Å². The Bertz CT molecular complexity index is 629. The Hall–Kier alpha value is -1.40. The van der Waals surface area contributed by atoms with Crippen LogP contribution in [0.1, 0.15) is 53.0 Å². The summed E-state index contributed by atoms with van der Waals surface area (Å²) in [7, 11) is -3.52. The molecule has 1 rings (SSSR count). The zero-order valence-corrected chi connectivity index (χ0v) is 16.2. The van der Waals surface area contributed by atoms with Crippen LogP contribution in [0.4, 0.5) is 0 Å².